The van der Waals surface area contributed by atoms with E-state index in [1.54, 1.807) is 0 Å². The number of urea groups is 1. The second kappa shape index (κ2) is 7.45. The molecule has 0 radical (unpaired) electrons. The highest BCUT2D eigenvalue weighted by atomic mass is 16.5. The smallest absolute Gasteiger partial charge is 0.322 e. The van der Waals surface area contributed by atoms with Crippen LogP contribution < -0.4 is 10.2 Å². The molecule has 2 saturated heterocycles. The highest BCUT2D eigenvalue weighted by molar-refractivity contribution is 5.93. The summed E-state index contributed by atoms with van der Waals surface area (Å²) in [6, 6.07) is 7.92. The molecule has 0 saturated carbocycles. The van der Waals surface area contributed by atoms with Crippen LogP contribution in [0.1, 0.15) is 34.6 Å². The summed E-state index contributed by atoms with van der Waals surface area (Å²) < 4.78 is 11.7. The number of nitrogens with one attached hydrogen (secondary N) is 1. The molecule has 1 aromatic rings. The van der Waals surface area contributed by atoms with E-state index < -0.39 is 0 Å². The summed E-state index contributed by atoms with van der Waals surface area (Å²) in [6.45, 7) is 13.0. The third-order valence-electron chi connectivity index (χ3n) is 4.76. The zero-order chi connectivity index (χ0) is 18.9. The van der Waals surface area contributed by atoms with E-state index in [2.05, 4.69) is 30.1 Å². The number of carbonyl (C=O) groups excluding carboxylic acids is 1. The molecule has 1 aromatic carbocycles. The van der Waals surface area contributed by atoms with Crippen molar-refractivity contribution >= 4 is 17.4 Å². The minimum Gasteiger partial charge on any atom is -0.372 e. The molecule has 2 aliphatic heterocycles. The normalized spacial score (nSPS) is 28.7. The summed E-state index contributed by atoms with van der Waals surface area (Å²) in [7, 11) is 0. The maximum absolute atomic E-state index is 12.9. The molecular weight excluding hydrogens is 330 g/mol. The third kappa shape index (κ3) is 4.48. The van der Waals surface area contributed by atoms with Gasteiger partial charge in [-0.05, 0) is 46.8 Å². The molecule has 2 heterocycles. The Balaban J connectivity index is 1.75. The molecule has 3 unspecified atom stereocenters. The van der Waals surface area contributed by atoms with Crippen LogP contribution in [0.15, 0.2) is 24.3 Å². The number of ether oxygens (including phenoxy) is 2. The summed E-state index contributed by atoms with van der Waals surface area (Å²) in [6.07, 6.45) is 0.368. The maximum atomic E-state index is 12.9. The molecule has 6 heteroatoms. The Kier molecular flexibility index (Phi) is 5.44. The molecule has 2 aliphatic rings. The van der Waals surface area contributed by atoms with E-state index in [9.17, 15) is 4.79 Å². The summed E-state index contributed by atoms with van der Waals surface area (Å²) in [5.74, 6) is 0. The van der Waals surface area contributed by atoms with E-state index in [-0.39, 0.29) is 29.9 Å². The minimum absolute atomic E-state index is 0.0284. The molecule has 144 valence electrons. The Morgan fingerprint density at radius 1 is 1.08 bits per heavy atom. The molecule has 26 heavy (non-hydrogen) atoms. The Morgan fingerprint density at radius 2 is 1.73 bits per heavy atom. The first-order chi connectivity index (χ1) is 12.2. The van der Waals surface area contributed by atoms with Crippen molar-refractivity contribution in [1.29, 1.82) is 0 Å². The van der Waals surface area contributed by atoms with Crippen molar-refractivity contribution in [3.05, 3.63) is 24.3 Å². The van der Waals surface area contributed by atoms with Crippen LogP contribution in [-0.2, 0) is 9.47 Å². The van der Waals surface area contributed by atoms with Crippen molar-refractivity contribution in [3.63, 3.8) is 0 Å². The predicted molar refractivity (Wildman–Crippen MR) is 104 cm³/mol. The number of hydrogen-bond donors (Lipinski definition) is 1. The van der Waals surface area contributed by atoms with Crippen molar-refractivity contribution in [3.8, 4) is 0 Å². The molecule has 0 spiro atoms. The summed E-state index contributed by atoms with van der Waals surface area (Å²) in [5, 5.41) is 3.11. The van der Waals surface area contributed by atoms with Gasteiger partial charge in [0.2, 0.25) is 0 Å². The zero-order valence-corrected chi connectivity index (χ0v) is 16.5. The van der Waals surface area contributed by atoms with E-state index in [1.807, 2.05) is 43.9 Å². The summed E-state index contributed by atoms with van der Waals surface area (Å²) in [5.41, 5.74) is 1.56. The zero-order valence-electron chi connectivity index (χ0n) is 16.5. The van der Waals surface area contributed by atoms with Crippen LogP contribution in [0.5, 0.6) is 0 Å². The van der Waals surface area contributed by atoms with E-state index in [1.165, 1.54) is 0 Å². The summed E-state index contributed by atoms with van der Waals surface area (Å²) >= 11 is 0. The van der Waals surface area contributed by atoms with Crippen molar-refractivity contribution < 1.29 is 14.3 Å². The van der Waals surface area contributed by atoms with Crippen LogP contribution in [0.25, 0.3) is 0 Å². The molecule has 3 rings (SSSR count). The van der Waals surface area contributed by atoms with Gasteiger partial charge in [0.05, 0.1) is 41.8 Å². The Hall–Kier alpha value is -1.79. The fraction of sp³-hybridized carbons (Fsp3) is 0.650. The van der Waals surface area contributed by atoms with Crippen LogP contribution in [0, 0.1) is 0 Å². The average Bonchev–Trinajstić information content (AvgIpc) is 2.52. The van der Waals surface area contributed by atoms with Crippen LogP contribution in [0.4, 0.5) is 16.2 Å². The minimum atomic E-state index is -0.330. The molecule has 2 amide bonds. The second-order valence-corrected chi connectivity index (χ2v) is 8.18. The molecule has 0 bridgehead atoms. The van der Waals surface area contributed by atoms with Crippen molar-refractivity contribution in [2.45, 2.75) is 58.5 Å². The number of amides is 2. The van der Waals surface area contributed by atoms with E-state index in [0.29, 0.717) is 13.1 Å². The summed E-state index contributed by atoms with van der Waals surface area (Å²) in [4.78, 5) is 17.0. The van der Waals surface area contributed by atoms with Gasteiger partial charge >= 0.3 is 6.03 Å². The van der Waals surface area contributed by atoms with Crippen LogP contribution >= 0.6 is 0 Å². The number of benzene rings is 1. The number of rotatable bonds is 2. The fourth-order valence-electron chi connectivity index (χ4n) is 4.03. The van der Waals surface area contributed by atoms with Crippen LogP contribution in [-0.4, -0.2) is 61.0 Å². The highest BCUT2D eigenvalue weighted by Crippen LogP contribution is 2.29. The number of nitrogens with zero attached hydrogens (tertiary/aromatic N) is 2. The lowest BCUT2D eigenvalue weighted by Crippen LogP contribution is -2.55. The number of carbonyl (C=O) groups is 1. The first-order valence-electron chi connectivity index (χ1n) is 9.47. The van der Waals surface area contributed by atoms with Gasteiger partial charge in [0.1, 0.15) is 0 Å². The predicted octanol–water partition coefficient (Wildman–Crippen LogP) is 3.33. The Bertz CT molecular complexity index is 639. The average molecular weight is 361 g/mol. The van der Waals surface area contributed by atoms with Gasteiger partial charge in [-0.25, -0.2) is 4.79 Å². The highest BCUT2D eigenvalue weighted by Gasteiger charge is 2.34. The standard InChI is InChI=1S/C20H31N3O3/c1-14-10-22(11-15(2)25-14)18-9-7-6-8-17(18)21-19(24)23-12-16(3)26-20(4,5)13-23/h6-9,14-16H,10-13H2,1-5H3,(H,21,24). The maximum Gasteiger partial charge on any atom is 0.322 e. The van der Waals surface area contributed by atoms with E-state index in [4.69, 9.17) is 9.47 Å². The first kappa shape index (κ1) is 19.0. The van der Waals surface area contributed by atoms with Gasteiger partial charge in [-0.3, -0.25) is 0 Å². The van der Waals surface area contributed by atoms with Gasteiger partial charge in [-0.1, -0.05) is 12.1 Å². The quantitative estimate of drug-likeness (QED) is 0.878. The van der Waals surface area contributed by atoms with Gasteiger partial charge in [0.25, 0.3) is 0 Å². The number of morpholine rings is 2. The molecule has 1 N–H and O–H groups in total. The van der Waals surface area contributed by atoms with Gasteiger partial charge in [0.15, 0.2) is 0 Å². The second-order valence-electron chi connectivity index (χ2n) is 8.18. The van der Waals surface area contributed by atoms with Crippen LogP contribution in [0.3, 0.4) is 0 Å². The van der Waals surface area contributed by atoms with E-state index >= 15 is 0 Å². The van der Waals surface area contributed by atoms with Crippen molar-refractivity contribution in [2.24, 2.45) is 0 Å². The monoisotopic (exact) mass is 361 g/mol. The Morgan fingerprint density at radius 3 is 2.38 bits per heavy atom. The molecule has 6 nitrogen and oxygen atoms in total. The molecule has 0 aliphatic carbocycles. The largest absolute Gasteiger partial charge is 0.372 e. The van der Waals surface area contributed by atoms with Gasteiger partial charge in [-0.15, -0.1) is 0 Å². The topological polar surface area (TPSA) is 54.0 Å². The van der Waals surface area contributed by atoms with Gasteiger partial charge in [-0.2, -0.15) is 0 Å². The number of anilines is 2. The molecule has 2 fully saturated rings. The fourth-order valence-corrected chi connectivity index (χ4v) is 4.03. The van der Waals surface area contributed by atoms with E-state index in [0.717, 1.165) is 24.5 Å². The number of para-hydroxylation sites is 2. The first-order valence-corrected chi connectivity index (χ1v) is 9.47. The molecule has 0 aromatic heterocycles. The molecule has 3 atom stereocenters. The van der Waals surface area contributed by atoms with Crippen LogP contribution in [0.2, 0.25) is 0 Å². The Labute approximate surface area is 156 Å². The van der Waals surface area contributed by atoms with Crippen molar-refractivity contribution in [1.82, 2.24) is 4.90 Å². The van der Waals surface area contributed by atoms with Gasteiger partial charge in [0, 0.05) is 19.6 Å². The number of hydrogen-bond acceptors (Lipinski definition) is 4. The lowest BCUT2D eigenvalue weighted by Gasteiger charge is -2.42. The lowest BCUT2D eigenvalue weighted by molar-refractivity contribution is -0.116. The molecular formula is C20H31N3O3. The third-order valence-corrected chi connectivity index (χ3v) is 4.76. The van der Waals surface area contributed by atoms with Gasteiger partial charge < -0.3 is 24.6 Å². The van der Waals surface area contributed by atoms with Crippen molar-refractivity contribution in [2.75, 3.05) is 36.4 Å². The lowest BCUT2D eigenvalue weighted by atomic mass is 10.1. The SMILES string of the molecule is CC1CN(c2ccccc2NC(=O)N2CC(C)OC(C)(C)C2)CC(C)O1.